The molecular weight excluding hydrogens is 428 g/mol. The molecule has 0 aliphatic rings. The van der Waals surface area contributed by atoms with Gasteiger partial charge in [0.15, 0.2) is 0 Å². The Morgan fingerprint density at radius 1 is 1.09 bits per heavy atom. The first kappa shape index (κ1) is 21.4. The molecule has 3 heterocycles. The molecule has 0 radical (unpaired) electrons. The van der Waals surface area contributed by atoms with Crippen molar-refractivity contribution in [3.05, 3.63) is 108 Å². The maximum absolute atomic E-state index is 12.9. The minimum Gasteiger partial charge on any atom is -0.487 e. The van der Waals surface area contributed by atoms with Crippen molar-refractivity contribution in [2.45, 2.75) is 26.5 Å². The van der Waals surface area contributed by atoms with Gasteiger partial charge in [0.2, 0.25) is 0 Å². The van der Waals surface area contributed by atoms with Crippen LogP contribution in [0.25, 0.3) is 11.3 Å². The lowest BCUT2D eigenvalue weighted by Crippen LogP contribution is -2.26. The Hall–Kier alpha value is -4.46. The molecule has 170 valence electrons. The van der Waals surface area contributed by atoms with E-state index in [9.17, 15) is 4.79 Å². The van der Waals surface area contributed by atoms with Crippen LogP contribution in [0.1, 0.15) is 40.1 Å². The predicted octanol–water partition coefficient (Wildman–Crippen LogP) is 4.29. The summed E-state index contributed by atoms with van der Waals surface area (Å²) in [6, 6.07) is 18.8. The third-order valence-corrected chi connectivity index (χ3v) is 5.56. The molecule has 0 fully saturated rings. The molecule has 0 saturated carbocycles. The van der Waals surface area contributed by atoms with E-state index in [1.54, 1.807) is 23.1 Å². The number of carbonyl (C=O) groups is 1. The highest BCUT2D eigenvalue weighted by Crippen LogP contribution is 2.19. The Morgan fingerprint density at radius 3 is 2.74 bits per heavy atom. The average molecular weight is 453 g/mol. The van der Waals surface area contributed by atoms with E-state index in [2.05, 4.69) is 20.4 Å². The number of aryl methyl sites for hydroxylation is 1. The smallest absolute Gasteiger partial charge is 0.251 e. The van der Waals surface area contributed by atoms with Crippen LogP contribution < -0.4 is 10.1 Å². The number of benzene rings is 2. The van der Waals surface area contributed by atoms with E-state index >= 15 is 0 Å². The van der Waals surface area contributed by atoms with E-state index in [0.29, 0.717) is 17.9 Å². The maximum Gasteiger partial charge on any atom is 0.251 e. The lowest BCUT2D eigenvalue weighted by atomic mass is 10.1. The zero-order valence-electron chi connectivity index (χ0n) is 18.9. The summed E-state index contributed by atoms with van der Waals surface area (Å²) in [4.78, 5) is 21.4. The van der Waals surface area contributed by atoms with E-state index in [4.69, 9.17) is 4.74 Å². The molecule has 2 aromatic carbocycles. The van der Waals surface area contributed by atoms with Crippen molar-refractivity contribution in [1.29, 1.82) is 0 Å². The number of pyridine rings is 1. The Labute approximate surface area is 196 Å². The molecule has 8 heteroatoms. The van der Waals surface area contributed by atoms with Gasteiger partial charge in [-0.1, -0.05) is 24.3 Å². The second-order valence-electron chi connectivity index (χ2n) is 8.15. The van der Waals surface area contributed by atoms with Crippen molar-refractivity contribution in [1.82, 2.24) is 29.5 Å². The molecule has 5 aromatic rings. The van der Waals surface area contributed by atoms with Crippen molar-refractivity contribution in [3.8, 4) is 11.4 Å². The minimum atomic E-state index is -0.165. The summed E-state index contributed by atoms with van der Waals surface area (Å²) in [5, 5.41) is 7.17. The molecule has 3 aromatic heterocycles. The van der Waals surface area contributed by atoms with Gasteiger partial charge < -0.3 is 14.5 Å². The molecule has 1 N–H and O–H groups in total. The number of ether oxygens (including phenoxy) is 1. The molecule has 0 aliphatic heterocycles. The van der Waals surface area contributed by atoms with Crippen molar-refractivity contribution < 1.29 is 9.53 Å². The number of fused-ring (bicyclic) bond motifs is 1. The van der Waals surface area contributed by atoms with E-state index in [1.807, 2.05) is 79.2 Å². The normalized spacial score (nSPS) is 11.9. The zero-order chi connectivity index (χ0) is 23.5. The Kier molecular flexibility index (Phi) is 5.78. The van der Waals surface area contributed by atoms with Gasteiger partial charge in [-0.05, 0) is 61.4 Å². The van der Waals surface area contributed by atoms with E-state index < -0.39 is 0 Å². The number of aromatic nitrogens is 5. The van der Waals surface area contributed by atoms with Gasteiger partial charge in [0.1, 0.15) is 30.7 Å². The number of nitrogens with zero attached hydrogens (tertiary/aromatic N) is 5. The van der Waals surface area contributed by atoms with Crippen molar-refractivity contribution in [2.24, 2.45) is 0 Å². The lowest BCUT2D eigenvalue weighted by molar-refractivity contribution is 0.0939. The van der Waals surface area contributed by atoms with Crippen molar-refractivity contribution in [3.63, 3.8) is 0 Å². The van der Waals surface area contributed by atoms with E-state index in [1.165, 1.54) is 6.33 Å². The van der Waals surface area contributed by atoms with Crippen LogP contribution in [-0.4, -0.2) is 30.1 Å². The number of hydrogen-bond acceptors (Lipinski definition) is 5. The first-order valence-corrected chi connectivity index (χ1v) is 11.0. The lowest BCUT2D eigenvalue weighted by Gasteiger charge is -2.15. The summed E-state index contributed by atoms with van der Waals surface area (Å²) in [6.45, 7) is 4.31. The van der Waals surface area contributed by atoms with Crippen molar-refractivity contribution >= 4 is 11.6 Å². The van der Waals surface area contributed by atoms with E-state index in [-0.39, 0.29) is 11.9 Å². The molecule has 0 unspecified atom stereocenters. The average Bonchev–Trinajstić information content (AvgIpc) is 3.53. The predicted molar refractivity (Wildman–Crippen MR) is 128 cm³/mol. The van der Waals surface area contributed by atoms with Crippen LogP contribution in [0.3, 0.4) is 0 Å². The molecule has 34 heavy (non-hydrogen) atoms. The van der Waals surface area contributed by atoms with Gasteiger partial charge in [0, 0.05) is 18.0 Å². The van der Waals surface area contributed by atoms with Crippen LogP contribution >= 0.6 is 0 Å². The first-order valence-electron chi connectivity index (χ1n) is 11.0. The summed E-state index contributed by atoms with van der Waals surface area (Å²) in [6.07, 6.45) is 7.12. The third-order valence-electron chi connectivity index (χ3n) is 5.56. The number of amides is 1. The Bertz CT molecular complexity index is 1420. The largest absolute Gasteiger partial charge is 0.487 e. The van der Waals surface area contributed by atoms with Crippen LogP contribution in [0.2, 0.25) is 0 Å². The molecule has 1 atom stereocenters. The summed E-state index contributed by atoms with van der Waals surface area (Å²) in [5.41, 5.74) is 5.30. The zero-order valence-corrected chi connectivity index (χ0v) is 18.9. The maximum atomic E-state index is 12.9. The SMILES string of the molecule is Cc1ccc2nc(COc3cccc(C(=O)N[C@@H](C)c4ccc(-n5cncn5)cc4)c3)cn2c1. The summed E-state index contributed by atoms with van der Waals surface area (Å²) in [5.74, 6) is 0.451. The number of imidazole rings is 1. The molecular formula is C26H24N6O2. The molecule has 0 saturated heterocycles. The third kappa shape index (κ3) is 4.66. The van der Waals surface area contributed by atoms with Crippen LogP contribution in [0.15, 0.2) is 85.7 Å². The van der Waals surface area contributed by atoms with Gasteiger partial charge >= 0.3 is 0 Å². The van der Waals surface area contributed by atoms with E-state index in [0.717, 1.165) is 28.2 Å². The molecule has 5 rings (SSSR count). The monoisotopic (exact) mass is 452 g/mol. The van der Waals surface area contributed by atoms with Gasteiger partial charge in [0.25, 0.3) is 5.91 Å². The topological polar surface area (TPSA) is 86.3 Å². The standard InChI is InChI=1S/C26H24N6O2/c1-18-6-11-25-30-22(14-31(25)13-18)15-34-24-5-3-4-21(12-24)26(33)29-19(2)20-7-9-23(10-8-20)32-17-27-16-28-32/h3-14,16-17,19H,15H2,1-2H3,(H,29,33)/t19-/m0/s1. The molecule has 0 aliphatic carbocycles. The minimum absolute atomic E-state index is 0.164. The number of rotatable bonds is 7. The summed E-state index contributed by atoms with van der Waals surface area (Å²) < 4.78 is 9.58. The van der Waals surface area contributed by atoms with Gasteiger partial charge in [-0.3, -0.25) is 4.79 Å². The van der Waals surface area contributed by atoms with Gasteiger partial charge in [-0.25, -0.2) is 14.6 Å². The highest BCUT2D eigenvalue weighted by Gasteiger charge is 2.13. The molecule has 0 spiro atoms. The molecule has 0 bridgehead atoms. The number of nitrogens with one attached hydrogen (secondary N) is 1. The van der Waals surface area contributed by atoms with Crippen LogP contribution in [0.5, 0.6) is 5.75 Å². The second-order valence-corrected chi connectivity index (χ2v) is 8.15. The first-order chi connectivity index (χ1) is 16.5. The Morgan fingerprint density at radius 2 is 1.94 bits per heavy atom. The summed E-state index contributed by atoms with van der Waals surface area (Å²) >= 11 is 0. The highest BCUT2D eigenvalue weighted by molar-refractivity contribution is 5.94. The van der Waals surface area contributed by atoms with Gasteiger partial charge in [0.05, 0.1) is 17.4 Å². The second kappa shape index (κ2) is 9.19. The quantitative estimate of drug-likeness (QED) is 0.398. The fourth-order valence-corrected chi connectivity index (χ4v) is 3.73. The molecule has 8 nitrogen and oxygen atoms in total. The van der Waals surface area contributed by atoms with Gasteiger partial charge in [-0.15, -0.1) is 0 Å². The van der Waals surface area contributed by atoms with Crippen molar-refractivity contribution in [2.75, 3.05) is 0 Å². The summed E-state index contributed by atoms with van der Waals surface area (Å²) in [7, 11) is 0. The van der Waals surface area contributed by atoms with Crippen LogP contribution in [-0.2, 0) is 6.61 Å². The highest BCUT2D eigenvalue weighted by atomic mass is 16.5. The Balaban J connectivity index is 1.22. The fourth-order valence-electron chi connectivity index (χ4n) is 3.73. The van der Waals surface area contributed by atoms with Gasteiger partial charge in [-0.2, -0.15) is 5.10 Å². The number of carbonyl (C=O) groups excluding carboxylic acids is 1. The van der Waals surface area contributed by atoms with Crippen LogP contribution in [0, 0.1) is 6.92 Å². The van der Waals surface area contributed by atoms with Crippen LogP contribution in [0.4, 0.5) is 0 Å². The fraction of sp³-hybridized carbons (Fsp3) is 0.154. The number of hydrogen-bond donors (Lipinski definition) is 1. The molecule has 1 amide bonds.